The van der Waals surface area contributed by atoms with Gasteiger partial charge in [-0.25, -0.2) is 10.4 Å². The van der Waals surface area contributed by atoms with Crippen molar-refractivity contribution in [2.45, 2.75) is 6.92 Å². The van der Waals surface area contributed by atoms with Crippen molar-refractivity contribution in [2.24, 2.45) is 5.10 Å². The lowest BCUT2D eigenvalue weighted by atomic mass is 10.1. The van der Waals surface area contributed by atoms with E-state index < -0.39 is 5.56 Å². The second kappa shape index (κ2) is 8.51. The average Bonchev–Trinajstić information content (AvgIpc) is 3.21. The molecule has 0 unspecified atom stereocenters. The molecule has 0 fully saturated rings. The Kier molecular flexibility index (Phi) is 5.46. The first-order chi connectivity index (χ1) is 14.6. The van der Waals surface area contributed by atoms with E-state index in [4.69, 9.17) is 0 Å². The molecule has 4 rings (SSSR count). The topological polar surface area (TPSA) is 107 Å². The predicted molar refractivity (Wildman–Crippen MR) is 119 cm³/mol. The van der Waals surface area contributed by atoms with Gasteiger partial charge in [0.1, 0.15) is 11.6 Å². The minimum absolute atomic E-state index is 0.0374. The summed E-state index contributed by atoms with van der Waals surface area (Å²) in [7, 11) is 0. The number of hydrazone groups is 1. The van der Waals surface area contributed by atoms with Gasteiger partial charge in [-0.15, -0.1) is 0 Å². The van der Waals surface area contributed by atoms with E-state index in [1.54, 1.807) is 18.3 Å². The van der Waals surface area contributed by atoms with Crippen LogP contribution >= 0.6 is 11.5 Å². The molecular formula is C22H16N6OS. The summed E-state index contributed by atoms with van der Waals surface area (Å²) in [6.07, 6.45) is 1.63. The summed E-state index contributed by atoms with van der Waals surface area (Å²) >= 11 is 1.47. The quantitative estimate of drug-likeness (QED) is 0.378. The number of anilines is 1. The van der Waals surface area contributed by atoms with Gasteiger partial charge in [0.15, 0.2) is 0 Å². The highest BCUT2D eigenvalue weighted by Crippen LogP contribution is 2.24. The van der Waals surface area contributed by atoms with Crippen molar-refractivity contribution in [3.05, 3.63) is 87.8 Å². The summed E-state index contributed by atoms with van der Waals surface area (Å²) in [5.41, 5.74) is 6.14. The lowest BCUT2D eigenvalue weighted by molar-refractivity contribution is 1.08. The first-order valence-corrected chi connectivity index (χ1v) is 9.84. The third-order valence-electron chi connectivity index (χ3n) is 4.29. The SMILES string of the molecule is Cc1cc(-c2ccc(C=NNc3nc(-c4ccccc4)c(C#N)c(=O)[nH]3)cc2)sn1. The van der Waals surface area contributed by atoms with Crippen molar-refractivity contribution in [2.75, 3.05) is 5.43 Å². The first kappa shape index (κ1) is 19.2. The number of aromatic amines is 1. The highest BCUT2D eigenvalue weighted by molar-refractivity contribution is 7.09. The molecule has 2 heterocycles. The van der Waals surface area contributed by atoms with Crippen LogP contribution in [-0.2, 0) is 0 Å². The van der Waals surface area contributed by atoms with Crippen LogP contribution in [0, 0.1) is 18.3 Å². The molecule has 0 spiro atoms. The minimum atomic E-state index is -0.520. The Morgan fingerprint density at radius 2 is 1.90 bits per heavy atom. The fourth-order valence-electron chi connectivity index (χ4n) is 2.84. The summed E-state index contributed by atoms with van der Waals surface area (Å²) in [6.45, 7) is 1.97. The van der Waals surface area contributed by atoms with E-state index in [9.17, 15) is 10.1 Å². The first-order valence-electron chi connectivity index (χ1n) is 9.07. The minimum Gasteiger partial charge on any atom is -0.290 e. The summed E-state index contributed by atoms with van der Waals surface area (Å²) < 4.78 is 4.30. The number of aromatic nitrogens is 3. The molecule has 0 saturated heterocycles. The monoisotopic (exact) mass is 412 g/mol. The van der Waals surface area contributed by atoms with Gasteiger partial charge < -0.3 is 0 Å². The third-order valence-corrected chi connectivity index (χ3v) is 5.22. The number of nitrogens with one attached hydrogen (secondary N) is 2. The molecule has 8 heteroatoms. The zero-order valence-electron chi connectivity index (χ0n) is 16.0. The molecule has 2 N–H and O–H groups in total. The molecular weight excluding hydrogens is 396 g/mol. The van der Waals surface area contributed by atoms with Gasteiger partial charge in [-0.3, -0.25) is 9.78 Å². The molecule has 0 atom stereocenters. The molecule has 30 heavy (non-hydrogen) atoms. The zero-order chi connectivity index (χ0) is 20.9. The number of benzene rings is 2. The molecule has 4 aromatic rings. The molecule has 7 nitrogen and oxygen atoms in total. The molecule has 0 radical (unpaired) electrons. The van der Waals surface area contributed by atoms with Gasteiger partial charge in [-0.05, 0) is 35.6 Å². The van der Waals surface area contributed by atoms with Crippen molar-refractivity contribution in [3.8, 4) is 27.8 Å². The summed E-state index contributed by atoms with van der Waals surface area (Å²) in [5, 5.41) is 13.5. The zero-order valence-corrected chi connectivity index (χ0v) is 16.8. The molecule has 146 valence electrons. The summed E-state index contributed by atoms with van der Waals surface area (Å²) in [5.74, 6) is 0.158. The van der Waals surface area contributed by atoms with E-state index in [0.717, 1.165) is 21.7 Å². The number of H-pyrrole nitrogens is 1. The van der Waals surface area contributed by atoms with Gasteiger partial charge in [0.05, 0.1) is 22.5 Å². The van der Waals surface area contributed by atoms with E-state index in [1.807, 2.05) is 61.5 Å². The molecule has 2 aromatic heterocycles. The van der Waals surface area contributed by atoms with Gasteiger partial charge in [0.25, 0.3) is 5.56 Å². The van der Waals surface area contributed by atoms with Crippen molar-refractivity contribution in [3.63, 3.8) is 0 Å². The van der Waals surface area contributed by atoms with E-state index in [-0.39, 0.29) is 11.5 Å². The molecule has 0 aliphatic rings. The number of hydrogen-bond donors (Lipinski definition) is 2. The molecule has 2 aromatic carbocycles. The number of nitriles is 1. The Hall–Kier alpha value is -4.09. The molecule has 0 aliphatic carbocycles. The van der Waals surface area contributed by atoms with Crippen LogP contribution in [0.1, 0.15) is 16.8 Å². The van der Waals surface area contributed by atoms with Crippen LogP contribution in [0.15, 0.2) is 70.6 Å². The van der Waals surface area contributed by atoms with Crippen LogP contribution in [0.4, 0.5) is 5.95 Å². The number of hydrogen-bond acceptors (Lipinski definition) is 7. The number of rotatable bonds is 5. The third kappa shape index (κ3) is 4.16. The lowest BCUT2D eigenvalue weighted by Gasteiger charge is -2.06. The second-order valence-electron chi connectivity index (χ2n) is 6.44. The maximum Gasteiger partial charge on any atom is 0.270 e. The van der Waals surface area contributed by atoms with Crippen LogP contribution < -0.4 is 11.0 Å². The van der Waals surface area contributed by atoms with E-state index in [1.165, 1.54) is 11.5 Å². The molecule has 0 saturated carbocycles. The Morgan fingerprint density at radius 3 is 2.57 bits per heavy atom. The van der Waals surface area contributed by atoms with Gasteiger partial charge in [-0.2, -0.15) is 14.7 Å². The average molecular weight is 412 g/mol. The smallest absolute Gasteiger partial charge is 0.270 e. The predicted octanol–water partition coefficient (Wildman–Crippen LogP) is 4.19. The van der Waals surface area contributed by atoms with Crippen LogP contribution in [0.3, 0.4) is 0 Å². The van der Waals surface area contributed by atoms with Gasteiger partial charge in [0, 0.05) is 5.56 Å². The Bertz CT molecular complexity index is 1300. The lowest BCUT2D eigenvalue weighted by Crippen LogP contribution is -2.16. The fraction of sp³-hybridized carbons (Fsp3) is 0.0455. The van der Waals surface area contributed by atoms with E-state index >= 15 is 0 Å². The molecule has 0 amide bonds. The van der Waals surface area contributed by atoms with Crippen LogP contribution in [0.5, 0.6) is 0 Å². The Labute approximate surface area is 176 Å². The highest BCUT2D eigenvalue weighted by Gasteiger charge is 2.12. The summed E-state index contributed by atoms with van der Waals surface area (Å²) in [6, 6.07) is 20.9. The Balaban J connectivity index is 1.54. The van der Waals surface area contributed by atoms with Gasteiger partial charge in [0.2, 0.25) is 5.95 Å². The van der Waals surface area contributed by atoms with Crippen LogP contribution in [-0.4, -0.2) is 20.6 Å². The Morgan fingerprint density at radius 1 is 1.13 bits per heavy atom. The van der Waals surface area contributed by atoms with Crippen molar-refractivity contribution in [1.82, 2.24) is 14.3 Å². The highest BCUT2D eigenvalue weighted by atomic mass is 32.1. The van der Waals surface area contributed by atoms with Crippen molar-refractivity contribution in [1.29, 1.82) is 5.26 Å². The van der Waals surface area contributed by atoms with E-state index in [0.29, 0.717) is 11.3 Å². The summed E-state index contributed by atoms with van der Waals surface area (Å²) in [4.78, 5) is 20.3. The van der Waals surface area contributed by atoms with Crippen molar-refractivity contribution >= 4 is 23.7 Å². The van der Waals surface area contributed by atoms with E-state index in [2.05, 4.69) is 24.9 Å². The number of nitrogens with zero attached hydrogens (tertiary/aromatic N) is 4. The maximum atomic E-state index is 12.3. The normalized spacial score (nSPS) is 10.8. The van der Waals surface area contributed by atoms with Crippen molar-refractivity contribution < 1.29 is 0 Å². The second-order valence-corrected chi connectivity index (χ2v) is 7.25. The standard InChI is InChI=1S/C22H16N6OS/c1-14-11-19(30-28-14)16-9-7-15(8-10-16)13-24-27-22-25-20(17-5-3-2-4-6-17)18(12-23)21(29)26-22/h2-11,13H,1H3,(H2,25,26,27,29). The largest absolute Gasteiger partial charge is 0.290 e. The van der Waals surface area contributed by atoms with Crippen LogP contribution in [0.2, 0.25) is 0 Å². The molecule has 0 bridgehead atoms. The van der Waals surface area contributed by atoms with Crippen LogP contribution in [0.25, 0.3) is 21.7 Å². The molecule has 0 aliphatic heterocycles. The van der Waals surface area contributed by atoms with Gasteiger partial charge in [-0.1, -0.05) is 54.6 Å². The fourth-order valence-corrected chi connectivity index (χ4v) is 3.60. The maximum absolute atomic E-state index is 12.3. The van der Waals surface area contributed by atoms with Gasteiger partial charge >= 0.3 is 0 Å². The number of aryl methyl sites for hydroxylation is 1.